The third-order valence-corrected chi connectivity index (χ3v) is 3.87. The highest BCUT2D eigenvalue weighted by atomic mass is 16.5. The minimum Gasteiger partial charge on any atom is -0.493 e. The van der Waals surface area contributed by atoms with E-state index in [0.717, 1.165) is 17.9 Å². The van der Waals surface area contributed by atoms with Gasteiger partial charge in [-0.15, -0.1) is 0 Å². The Kier molecular flexibility index (Phi) is 4.12. The van der Waals surface area contributed by atoms with Crippen LogP contribution in [0.4, 0.5) is 0 Å². The topological polar surface area (TPSA) is 30.5 Å². The Morgan fingerprint density at radius 2 is 1.94 bits per heavy atom. The fraction of sp³-hybridized carbons (Fsp3) is 0.600. The van der Waals surface area contributed by atoms with Gasteiger partial charge in [0.2, 0.25) is 0 Å². The predicted molar refractivity (Wildman–Crippen MR) is 73.6 cm³/mol. The lowest BCUT2D eigenvalue weighted by Crippen LogP contribution is -2.28. The molecule has 18 heavy (non-hydrogen) atoms. The van der Waals surface area contributed by atoms with E-state index in [-0.39, 0.29) is 0 Å². The van der Waals surface area contributed by atoms with Crippen LogP contribution in [0.15, 0.2) is 18.2 Å². The van der Waals surface area contributed by atoms with E-state index in [4.69, 9.17) is 9.47 Å². The molecule has 1 N–H and O–H groups in total. The molecule has 3 nitrogen and oxygen atoms in total. The Balaban J connectivity index is 2.27. The van der Waals surface area contributed by atoms with E-state index in [9.17, 15) is 0 Å². The summed E-state index contributed by atoms with van der Waals surface area (Å²) in [7, 11) is 3.36. The summed E-state index contributed by atoms with van der Waals surface area (Å²) in [5.74, 6) is 2.20. The van der Waals surface area contributed by atoms with Gasteiger partial charge in [0.15, 0.2) is 11.5 Å². The van der Waals surface area contributed by atoms with Crippen LogP contribution in [0.5, 0.6) is 11.5 Å². The Labute approximate surface area is 109 Å². The molecule has 0 amide bonds. The van der Waals surface area contributed by atoms with Crippen LogP contribution in [0.1, 0.15) is 38.2 Å². The number of rotatable bonds is 4. The quantitative estimate of drug-likeness (QED) is 0.890. The van der Waals surface area contributed by atoms with Crippen LogP contribution >= 0.6 is 0 Å². The highest BCUT2D eigenvalue weighted by Crippen LogP contribution is 2.37. The normalized spacial score (nSPS) is 27.2. The van der Waals surface area contributed by atoms with Crippen molar-refractivity contribution >= 4 is 0 Å². The molecule has 0 spiro atoms. The number of methoxy groups -OCH3 is 2. The van der Waals surface area contributed by atoms with Gasteiger partial charge in [0.05, 0.1) is 14.2 Å². The molecule has 1 fully saturated rings. The molecule has 1 aliphatic heterocycles. The summed E-state index contributed by atoms with van der Waals surface area (Å²) in [5.41, 5.74) is 1.34. The smallest absolute Gasteiger partial charge is 0.160 e. The monoisotopic (exact) mass is 249 g/mol. The van der Waals surface area contributed by atoms with Gasteiger partial charge in [0.25, 0.3) is 0 Å². The average molecular weight is 249 g/mol. The van der Waals surface area contributed by atoms with Crippen molar-refractivity contribution in [3.05, 3.63) is 23.8 Å². The highest BCUT2D eigenvalue weighted by molar-refractivity contribution is 5.44. The van der Waals surface area contributed by atoms with E-state index in [1.165, 1.54) is 12.0 Å². The minimum atomic E-state index is 0.568. The van der Waals surface area contributed by atoms with Gasteiger partial charge in [-0.05, 0) is 37.5 Å². The molecule has 1 heterocycles. The maximum atomic E-state index is 5.39. The van der Waals surface area contributed by atoms with Crippen molar-refractivity contribution < 1.29 is 9.47 Å². The van der Waals surface area contributed by atoms with Crippen molar-refractivity contribution in [3.63, 3.8) is 0 Å². The van der Waals surface area contributed by atoms with Gasteiger partial charge in [-0.1, -0.05) is 13.0 Å². The molecule has 3 unspecified atom stereocenters. The largest absolute Gasteiger partial charge is 0.493 e. The summed E-state index contributed by atoms with van der Waals surface area (Å²) in [6.45, 7) is 4.49. The second-order valence-electron chi connectivity index (χ2n) is 5.04. The molecule has 1 saturated heterocycles. The van der Waals surface area contributed by atoms with Gasteiger partial charge in [0.1, 0.15) is 0 Å². The molecule has 3 heteroatoms. The summed E-state index contributed by atoms with van der Waals surface area (Å²) in [6.07, 6.45) is 2.34. The second-order valence-corrected chi connectivity index (χ2v) is 5.04. The fourth-order valence-corrected chi connectivity index (χ4v) is 2.95. The molecular weight excluding hydrogens is 226 g/mol. The standard InChI is InChI=1S/C15H23NO2/c1-5-13-12(8-10(2)16-13)11-6-7-14(17-3)15(9-11)18-4/h6-7,9-10,12-13,16H,5,8H2,1-4H3. The molecule has 1 aromatic rings. The number of benzene rings is 1. The van der Waals surface area contributed by atoms with Crippen LogP contribution < -0.4 is 14.8 Å². The average Bonchev–Trinajstić information content (AvgIpc) is 2.79. The first-order valence-corrected chi connectivity index (χ1v) is 6.67. The predicted octanol–water partition coefficient (Wildman–Crippen LogP) is 2.95. The van der Waals surface area contributed by atoms with Crippen molar-refractivity contribution in [2.24, 2.45) is 0 Å². The third-order valence-electron chi connectivity index (χ3n) is 3.87. The van der Waals surface area contributed by atoms with E-state index >= 15 is 0 Å². The van der Waals surface area contributed by atoms with Gasteiger partial charge in [-0.25, -0.2) is 0 Å². The summed E-state index contributed by atoms with van der Waals surface area (Å²) < 4.78 is 10.7. The van der Waals surface area contributed by atoms with Gasteiger partial charge >= 0.3 is 0 Å². The molecule has 1 aromatic carbocycles. The summed E-state index contributed by atoms with van der Waals surface area (Å²) in [6, 6.07) is 7.44. The number of hydrogen-bond donors (Lipinski definition) is 1. The van der Waals surface area contributed by atoms with Crippen molar-refractivity contribution in [2.75, 3.05) is 14.2 Å². The zero-order valence-electron chi connectivity index (χ0n) is 11.7. The molecule has 0 radical (unpaired) electrons. The highest BCUT2D eigenvalue weighted by Gasteiger charge is 2.31. The maximum absolute atomic E-state index is 5.39. The lowest BCUT2D eigenvalue weighted by Gasteiger charge is -2.19. The minimum absolute atomic E-state index is 0.568. The van der Waals surface area contributed by atoms with E-state index < -0.39 is 0 Å². The Hall–Kier alpha value is -1.22. The zero-order chi connectivity index (χ0) is 13.1. The van der Waals surface area contributed by atoms with Crippen molar-refractivity contribution in [1.29, 1.82) is 0 Å². The van der Waals surface area contributed by atoms with Gasteiger partial charge < -0.3 is 14.8 Å². The molecule has 0 bridgehead atoms. The van der Waals surface area contributed by atoms with Crippen LogP contribution in [0.2, 0.25) is 0 Å². The first-order valence-electron chi connectivity index (χ1n) is 6.67. The van der Waals surface area contributed by atoms with E-state index in [1.807, 2.05) is 6.07 Å². The second kappa shape index (κ2) is 5.61. The molecule has 3 atom stereocenters. The van der Waals surface area contributed by atoms with Crippen molar-refractivity contribution in [1.82, 2.24) is 5.32 Å². The first kappa shape index (κ1) is 13.2. The number of nitrogens with one attached hydrogen (secondary N) is 1. The Morgan fingerprint density at radius 1 is 1.22 bits per heavy atom. The van der Waals surface area contributed by atoms with Crippen LogP contribution in [0.25, 0.3) is 0 Å². The lowest BCUT2D eigenvalue weighted by molar-refractivity contribution is 0.354. The lowest BCUT2D eigenvalue weighted by atomic mass is 9.89. The van der Waals surface area contributed by atoms with Crippen molar-refractivity contribution in [3.8, 4) is 11.5 Å². The molecule has 0 aromatic heterocycles. The number of hydrogen-bond acceptors (Lipinski definition) is 3. The molecular formula is C15H23NO2. The molecule has 2 rings (SSSR count). The molecule has 0 saturated carbocycles. The summed E-state index contributed by atoms with van der Waals surface area (Å²) in [4.78, 5) is 0. The Morgan fingerprint density at radius 3 is 2.56 bits per heavy atom. The zero-order valence-corrected chi connectivity index (χ0v) is 11.7. The van der Waals surface area contributed by atoms with Gasteiger partial charge in [0, 0.05) is 18.0 Å². The first-order chi connectivity index (χ1) is 8.69. The SMILES string of the molecule is CCC1NC(C)CC1c1ccc(OC)c(OC)c1. The van der Waals surface area contributed by atoms with Crippen LogP contribution in [-0.4, -0.2) is 26.3 Å². The van der Waals surface area contributed by atoms with E-state index in [1.54, 1.807) is 14.2 Å². The molecule has 100 valence electrons. The van der Waals surface area contributed by atoms with E-state index in [0.29, 0.717) is 18.0 Å². The molecule has 0 aliphatic carbocycles. The maximum Gasteiger partial charge on any atom is 0.160 e. The summed E-state index contributed by atoms with van der Waals surface area (Å²) >= 11 is 0. The van der Waals surface area contributed by atoms with E-state index in [2.05, 4.69) is 31.3 Å². The fourth-order valence-electron chi connectivity index (χ4n) is 2.95. The van der Waals surface area contributed by atoms with Crippen molar-refractivity contribution in [2.45, 2.75) is 44.7 Å². The number of ether oxygens (including phenoxy) is 2. The Bertz CT molecular complexity index is 405. The third kappa shape index (κ3) is 2.46. The van der Waals surface area contributed by atoms with Gasteiger partial charge in [-0.3, -0.25) is 0 Å². The van der Waals surface area contributed by atoms with Crippen LogP contribution in [0, 0.1) is 0 Å². The van der Waals surface area contributed by atoms with Crippen LogP contribution in [-0.2, 0) is 0 Å². The molecule has 1 aliphatic rings. The van der Waals surface area contributed by atoms with Crippen LogP contribution in [0.3, 0.4) is 0 Å². The van der Waals surface area contributed by atoms with Gasteiger partial charge in [-0.2, -0.15) is 0 Å². The summed E-state index contributed by atoms with van der Waals surface area (Å²) in [5, 5.41) is 3.65.